The van der Waals surface area contributed by atoms with Crippen LogP contribution >= 0.6 is 0 Å². The molecule has 2 atom stereocenters. The molecular formula is C12H23O2. The van der Waals surface area contributed by atoms with Crippen molar-refractivity contribution in [2.24, 2.45) is 0 Å². The van der Waals surface area contributed by atoms with E-state index in [0.29, 0.717) is 6.10 Å². The lowest BCUT2D eigenvalue weighted by atomic mass is 10.1. The number of ether oxygens (including phenoxy) is 2. The van der Waals surface area contributed by atoms with Gasteiger partial charge in [0.25, 0.3) is 0 Å². The van der Waals surface area contributed by atoms with Gasteiger partial charge in [-0.3, -0.25) is 0 Å². The Hall–Kier alpha value is -0.0800. The Balaban J connectivity index is 2.10. The zero-order valence-electron chi connectivity index (χ0n) is 9.55. The number of unbranched alkanes of at least 4 members (excludes halogenated alkanes) is 3. The van der Waals surface area contributed by atoms with E-state index >= 15 is 0 Å². The summed E-state index contributed by atoms with van der Waals surface area (Å²) in [4.78, 5) is 0. The zero-order valence-corrected chi connectivity index (χ0v) is 9.55. The second-order valence-corrected chi connectivity index (χ2v) is 4.24. The molecule has 83 valence electrons. The van der Waals surface area contributed by atoms with Crippen molar-refractivity contribution in [3.8, 4) is 0 Å². The molecule has 1 heterocycles. The fourth-order valence-electron chi connectivity index (χ4n) is 1.74. The summed E-state index contributed by atoms with van der Waals surface area (Å²) in [6, 6.07) is 0. The Kier molecular flexibility index (Phi) is 4.90. The lowest BCUT2D eigenvalue weighted by molar-refractivity contribution is -0.155. The van der Waals surface area contributed by atoms with Gasteiger partial charge >= 0.3 is 0 Å². The van der Waals surface area contributed by atoms with Crippen molar-refractivity contribution >= 4 is 0 Å². The Morgan fingerprint density at radius 3 is 2.71 bits per heavy atom. The van der Waals surface area contributed by atoms with Gasteiger partial charge in [0.05, 0.1) is 12.7 Å². The summed E-state index contributed by atoms with van der Waals surface area (Å²) in [6.45, 7) is 8.74. The highest BCUT2D eigenvalue weighted by Gasteiger charge is 2.34. The highest BCUT2D eigenvalue weighted by molar-refractivity contribution is 4.73. The molecule has 0 bridgehead atoms. The van der Waals surface area contributed by atoms with Gasteiger partial charge in [0.2, 0.25) is 0 Å². The lowest BCUT2D eigenvalue weighted by Crippen LogP contribution is -2.25. The zero-order chi connectivity index (χ0) is 10.4. The monoisotopic (exact) mass is 199 g/mol. The Morgan fingerprint density at radius 2 is 2.14 bits per heavy atom. The largest absolute Gasteiger partial charge is 0.348 e. The van der Waals surface area contributed by atoms with E-state index in [9.17, 15) is 0 Å². The van der Waals surface area contributed by atoms with E-state index < -0.39 is 0 Å². The minimum atomic E-state index is -0.309. The molecule has 0 spiro atoms. The molecule has 0 aromatic heterocycles. The number of hydrogen-bond donors (Lipinski definition) is 0. The van der Waals surface area contributed by atoms with Crippen molar-refractivity contribution in [3.05, 3.63) is 6.92 Å². The van der Waals surface area contributed by atoms with Gasteiger partial charge in [-0.05, 0) is 19.8 Å². The summed E-state index contributed by atoms with van der Waals surface area (Å²) < 4.78 is 11.5. The van der Waals surface area contributed by atoms with Crippen LogP contribution in [0.1, 0.15) is 52.4 Å². The van der Waals surface area contributed by atoms with Crippen molar-refractivity contribution in [1.29, 1.82) is 0 Å². The molecule has 1 radical (unpaired) electrons. The van der Waals surface area contributed by atoms with Crippen LogP contribution in [0.3, 0.4) is 0 Å². The van der Waals surface area contributed by atoms with Gasteiger partial charge in [-0.25, -0.2) is 0 Å². The predicted molar refractivity (Wildman–Crippen MR) is 58.0 cm³/mol. The van der Waals surface area contributed by atoms with Crippen LogP contribution in [0.5, 0.6) is 0 Å². The molecule has 2 heteroatoms. The quantitative estimate of drug-likeness (QED) is 0.611. The molecule has 0 aliphatic carbocycles. The SMILES string of the molecule is [CH2]CCCCCC1COC(C)(CC)O1. The van der Waals surface area contributed by atoms with Crippen molar-refractivity contribution in [3.63, 3.8) is 0 Å². The van der Waals surface area contributed by atoms with E-state index in [0.717, 1.165) is 25.9 Å². The molecule has 1 fully saturated rings. The van der Waals surface area contributed by atoms with Crippen LogP contribution in [0.2, 0.25) is 0 Å². The van der Waals surface area contributed by atoms with Crippen molar-refractivity contribution in [2.75, 3.05) is 6.61 Å². The highest BCUT2D eigenvalue weighted by atomic mass is 16.7. The van der Waals surface area contributed by atoms with Crippen LogP contribution in [0.15, 0.2) is 0 Å². The maximum absolute atomic E-state index is 5.84. The fourth-order valence-corrected chi connectivity index (χ4v) is 1.74. The lowest BCUT2D eigenvalue weighted by Gasteiger charge is -2.21. The van der Waals surface area contributed by atoms with Gasteiger partial charge < -0.3 is 9.47 Å². The molecule has 2 nitrogen and oxygen atoms in total. The Bertz CT molecular complexity index is 158. The van der Waals surface area contributed by atoms with E-state index in [1.165, 1.54) is 19.3 Å². The smallest absolute Gasteiger partial charge is 0.165 e. The van der Waals surface area contributed by atoms with E-state index in [-0.39, 0.29) is 5.79 Å². The van der Waals surface area contributed by atoms with Gasteiger partial charge in [-0.15, -0.1) is 0 Å². The van der Waals surface area contributed by atoms with Crippen LogP contribution in [0.4, 0.5) is 0 Å². The second kappa shape index (κ2) is 5.72. The molecule has 1 rings (SSSR count). The maximum Gasteiger partial charge on any atom is 0.165 e. The molecule has 2 unspecified atom stereocenters. The van der Waals surface area contributed by atoms with Crippen LogP contribution in [-0.4, -0.2) is 18.5 Å². The molecule has 14 heavy (non-hydrogen) atoms. The third-order valence-corrected chi connectivity index (χ3v) is 2.91. The molecule has 1 aliphatic rings. The van der Waals surface area contributed by atoms with Crippen LogP contribution in [-0.2, 0) is 9.47 Å². The summed E-state index contributed by atoms with van der Waals surface area (Å²) in [5, 5.41) is 0. The molecular weight excluding hydrogens is 176 g/mol. The van der Waals surface area contributed by atoms with Gasteiger partial charge in [-0.1, -0.05) is 39.5 Å². The average Bonchev–Trinajstić information content (AvgIpc) is 2.56. The van der Waals surface area contributed by atoms with Crippen LogP contribution in [0, 0.1) is 6.92 Å². The second-order valence-electron chi connectivity index (χ2n) is 4.24. The van der Waals surface area contributed by atoms with E-state index in [1.54, 1.807) is 0 Å². The van der Waals surface area contributed by atoms with Gasteiger partial charge in [0, 0.05) is 0 Å². The van der Waals surface area contributed by atoms with Crippen molar-refractivity contribution < 1.29 is 9.47 Å². The third kappa shape index (κ3) is 3.58. The summed E-state index contributed by atoms with van der Waals surface area (Å²) in [5.74, 6) is -0.309. The topological polar surface area (TPSA) is 18.5 Å². The molecule has 1 saturated heterocycles. The van der Waals surface area contributed by atoms with Gasteiger partial charge in [0.1, 0.15) is 0 Å². The Morgan fingerprint density at radius 1 is 1.36 bits per heavy atom. The van der Waals surface area contributed by atoms with E-state index in [4.69, 9.17) is 9.47 Å². The summed E-state index contributed by atoms with van der Waals surface area (Å²) in [6.07, 6.45) is 7.19. The van der Waals surface area contributed by atoms with Crippen molar-refractivity contribution in [2.45, 2.75) is 64.3 Å². The van der Waals surface area contributed by atoms with Crippen LogP contribution in [0.25, 0.3) is 0 Å². The van der Waals surface area contributed by atoms with E-state index in [2.05, 4.69) is 13.8 Å². The first-order valence-electron chi connectivity index (χ1n) is 5.81. The minimum Gasteiger partial charge on any atom is -0.348 e. The summed E-state index contributed by atoms with van der Waals surface area (Å²) in [5.41, 5.74) is 0. The average molecular weight is 199 g/mol. The maximum atomic E-state index is 5.84. The van der Waals surface area contributed by atoms with E-state index in [1.807, 2.05) is 6.92 Å². The summed E-state index contributed by atoms with van der Waals surface area (Å²) >= 11 is 0. The minimum absolute atomic E-state index is 0.309. The fraction of sp³-hybridized carbons (Fsp3) is 0.917. The number of hydrogen-bond acceptors (Lipinski definition) is 2. The molecule has 0 amide bonds. The Labute approximate surface area is 88.0 Å². The third-order valence-electron chi connectivity index (χ3n) is 2.91. The number of rotatable bonds is 6. The molecule has 0 aromatic rings. The first-order valence-corrected chi connectivity index (χ1v) is 5.81. The first kappa shape index (κ1) is 12.0. The molecule has 1 aliphatic heterocycles. The molecule has 0 N–H and O–H groups in total. The standard InChI is InChI=1S/C12H23O2/c1-4-6-7-8-9-11-10-13-12(3,5-2)14-11/h11H,1,4-10H2,2-3H3. The highest BCUT2D eigenvalue weighted by Crippen LogP contribution is 2.28. The summed E-state index contributed by atoms with van der Waals surface area (Å²) in [7, 11) is 0. The molecule has 0 saturated carbocycles. The van der Waals surface area contributed by atoms with Gasteiger partial charge in [-0.2, -0.15) is 0 Å². The van der Waals surface area contributed by atoms with Crippen LogP contribution < -0.4 is 0 Å². The van der Waals surface area contributed by atoms with Crippen molar-refractivity contribution in [1.82, 2.24) is 0 Å². The van der Waals surface area contributed by atoms with Gasteiger partial charge in [0.15, 0.2) is 5.79 Å². The first-order chi connectivity index (χ1) is 6.70. The normalized spacial score (nSPS) is 32.4. The molecule has 0 aromatic carbocycles. The predicted octanol–water partition coefficient (Wildman–Crippen LogP) is 3.31.